The van der Waals surface area contributed by atoms with Crippen LogP contribution in [-0.2, 0) is 4.74 Å². The number of nitrogens with one attached hydrogen (secondary N) is 1. The number of unbranched alkanes of at least 4 members (excludes halogenated alkanes) is 1. The molecule has 72 valence electrons. The molecule has 0 bridgehead atoms. The SMILES string of the molecule is COCCCCNc1cnccn1. The number of methoxy groups -OCH3 is 1. The number of ether oxygens (including phenoxy) is 1. The molecule has 0 aliphatic heterocycles. The zero-order valence-corrected chi connectivity index (χ0v) is 7.86. The van der Waals surface area contributed by atoms with Crippen molar-refractivity contribution in [3.05, 3.63) is 18.6 Å². The van der Waals surface area contributed by atoms with Gasteiger partial charge in [0, 0.05) is 32.7 Å². The van der Waals surface area contributed by atoms with E-state index in [2.05, 4.69) is 15.3 Å². The van der Waals surface area contributed by atoms with Crippen LogP contribution in [0.2, 0.25) is 0 Å². The molecule has 0 saturated heterocycles. The molecule has 0 spiro atoms. The predicted molar refractivity (Wildman–Crippen MR) is 51.6 cm³/mol. The Labute approximate surface area is 78.4 Å². The normalized spacial score (nSPS) is 9.92. The summed E-state index contributed by atoms with van der Waals surface area (Å²) in [4.78, 5) is 8.04. The van der Waals surface area contributed by atoms with Crippen LogP contribution >= 0.6 is 0 Å². The van der Waals surface area contributed by atoms with Gasteiger partial charge in [-0.25, -0.2) is 4.98 Å². The van der Waals surface area contributed by atoms with Crippen LogP contribution in [0, 0.1) is 0 Å². The summed E-state index contributed by atoms with van der Waals surface area (Å²) >= 11 is 0. The minimum Gasteiger partial charge on any atom is -0.385 e. The third-order valence-corrected chi connectivity index (χ3v) is 1.64. The smallest absolute Gasteiger partial charge is 0.144 e. The lowest BCUT2D eigenvalue weighted by atomic mass is 10.3. The van der Waals surface area contributed by atoms with Gasteiger partial charge >= 0.3 is 0 Å². The van der Waals surface area contributed by atoms with Crippen molar-refractivity contribution < 1.29 is 4.74 Å². The summed E-state index contributed by atoms with van der Waals surface area (Å²) < 4.78 is 4.94. The molecular formula is C9H15N3O. The van der Waals surface area contributed by atoms with Gasteiger partial charge in [0.1, 0.15) is 5.82 Å². The van der Waals surface area contributed by atoms with Gasteiger partial charge in [0.25, 0.3) is 0 Å². The van der Waals surface area contributed by atoms with Crippen LogP contribution in [0.1, 0.15) is 12.8 Å². The van der Waals surface area contributed by atoms with E-state index in [9.17, 15) is 0 Å². The van der Waals surface area contributed by atoms with Gasteiger partial charge in [0.2, 0.25) is 0 Å². The average molecular weight is 181 g/mol. The fourth-order valence-electron chi connectivity index (χ4n) is 0.978. The van der Waals surface area contributed by atoms with E-state index in [0.717, 1.165) is 31.8 Å². The van der Waals surface area contributed by atoms with Crippen molar-refractivity contribution in [3.8, 4) is 0 Å². The third kappa shape index (κ3) is 4.42. The number of aromatic nitrogens is 2. The van der Waals surface area contributed by atoms with Gasteiger partial charge in [0.05, 0.1) is 6.20 Å². The van der Waals surface area contributed by atoms with E-state index >= 15 is 0 Å². The molecule has 4 heteroatoms. The fraction of sp³-hybridized carbons (Fsp3) is 0.556. The molecule has 0 saturated carbocycles. The number of nitrogens with zero attached hydrogens (tertiary/aromatic N) is 2. The Morgan fingerprint density at radius 2 is 2.31 bits per heavy atom. The first-order valence-corrected chi connectivity index (χ1v) is 4.42. The minimum atomic E-state index is 0.822. The average Bonchev–Trinajstić information content (AvgIpc) is 2.19. The lowest BCUT2D eigenvalue weighted by Crippen LogP contribution is -2.04. The summed E-state index contributed by atoms with van der Waals surface area (Å²) in [6.45, 7) is 1.74. The summed E-state index contributed by atoms with van der Waals surface area (Å²) in [5.74, 6) is 0.833. The largest absolute Gasteiger partial charge is 0.385 e. The van der Waals surface area contributed by atoms with Crippen LogP contribution in [-0.4, -0.2) is 30.2 Å². The van der Waals surface area contributed by atoms with Crippen molar-refractivity contribution in [2.75, 3.05) is 25.6 Å². The highest BCUT2D eigenvalue weighted by Crippen LogP contribution is 1.97. The molecule has 0 aliphatic carbocycles. The van der Waals surface area contributed by atoms with Crippen molar-refractivity contribution >= 4 is 5.82 Å². The van der Waals surface area contributed by atoms with E-state index in [0.29, 0.717) is 0 Å². The van der Waals surface area contributed by atoms with Crippen molar-refractivity contribution in [2.24, 2.45) is 0 Å². The Hall–Kier alpha value is -1.16. The molecule has 0 unspecified atom stereocenters. The molecule has 0 fully saturated rings. The van der Waals surface area contributed by atoms with Crippen LogP contribution in [0.25, 0.3) is 0 Å². The van der Waals surface area contributed by atoms with E-state index in [-0.39, 0.29) is 0 Å². The minimum absolute atomic E-state index is 0.822. The quantitative estimate of drug-likeness (QED) is 0.672. The predicted octanol–water partition coefficient (Wildman–Crippen LogP) is 1.32. The second-order valence-electron chi connectivity index (χ2n) is 2.72. The Morgan fingerprint density at radius 1 is 1.38 bits per heavy atom. The molecule has 0 aromatic carbocycles. The highest BCUT2D eigenvalue weighted by molar-refractivity contribution is 5.29. The van der Waals surface area contributed by atoms with Crippen LogP contribution in [0.4, 0.5) is 5.82 Å². The van der Waals surface area contributed by atoms with Crippen LogP contribution in [0.5, 0.6) is 0 Å². The third-order valence-electron chi connectivity index (χ3n) is 1.64. The lowest BCUT2D eigenvalue weighted by molar-refractivity contribution is 0.194. The maximum atomic E-state index is 4.94. The molecular weight excluding hydrogens is 166 g/mol. The second-order valence-corrected chi connectivity index (χ2v) is 2.72. The number of rotatable bonds is 6. The second kappa shape index (κ2) is 6.37. The van der Waals surface area contributed by atoms with E-state index in [1.165, 1.54) is 0 Å². The zero-order chi connectivity index (χ0) is 9.36. The molecule has 1 aromatic heterocycles. The Bertz CT molecular complexity index is 215. The summed E-state index contributed by atoms with van der Waals surface area (Å²) in [6, 6.07) is 0. The molecule has 0 amide bonds. The fourth-order valence-corrected chi connectivity index (χ4v) is 0.978. The van der Waals surface area contributed by atoms with Crippen molar-refractivity contribution in [2.45, 2.75) is 12.8 Å². The maximum Gasteiger partial charge on any atom is 0.144 e. The Kier molecular flexibility index (Phi) is 4.86. The molecule has 1 aromatic rings. The summed E-state index contributed by atoms with van der Waals surface area (Å²) in [5, 5.41) is 3.17. The summed E-state index contributed by atoms with van der Waals surface area (Å²) in [7, 11) is 1.72. The van der Waals surface area contributed by atoms with Crippen molar-refractivity contribution in [1.29, 1.82) is 0 Å². The number of hydrogen-bond donors (Lipinski definition) is 1. The monoisotopic (exact) mass is 181 g/mol. The number of anilines is 1. The van der Waals surface area contributed by atoms with E-state index in [1.807, 2.05) is 0 Å². The summed E-state index contributed by atoms with van der Waals surface area (Å²) in [5.41, 5.74) is 0. The summed E-state index contributed by atoms with van der Waals surface area (Å²) in [6.07, 6.45) is 7.22. The molecule has 0 aliphatic rings. The van der Waals surface area contributed by atoms with Gasteiger partial charge < -0.3 is 10.1 Å². The van der Waals surface area contributed by atoms with Gasteiger partial charge in [0.15, 0.2) is 0 Å². The van der Waals surface area contributed by atoms with Gasteiger partial charge in [-0.3, -0.25) is 4.98 Å². The standard InChI is InChI=1S/C9H15N3O/c1-13-7-3-2-4-11-9-8-10-5-6-12-9/h5-6,8H,2-4,7H2,1H3,(H,11,12). The van der Waals surface area contributed by atoms with Crippen LogP contribution in [0.15, 0.2) is 18.6 Å². The molecule has 1 heterocycles. The maximum absolute atomic E-state index is 4.94. The molecule has 1 N–H and O–H groups in total. The topological polar surface area (TPSA) is 47.0 Å². The first kappa shape index (κ1) is 9.92. The van der Waals surface area contributed by atoms with Gasteiger partial charge in [-0.2, -0.15) is 0 Å². The Morgan fingerprint density at radius 3 is 3.00 bits per heavy atom. The van der Waals surface area contributed by atoms with Crippen molar-refractivity contribution in [1.82, 2.24) is 9.97 Å². The van der Waals surface area contributed by atoms with Crippen LogP contribution in [0.3, 0.4) is 0 Å². The first-order chi connectivity index (χ1) is 6.43. The molecule has 13 heavy (non-hydrogen) atoms. The van der Waals surface area contributed by atoms with Crippen LogP contribution < -0.4 is 5.32 Å². The van der Waals surface area contributed by atoms with Gasteiger partial charge in [-0.15, -0.1) is 0 Å². The van der Waals surface area contributed by atoms with Crippen molar-refractivity contribution in [3.63, 3.8) is 0 Å². The molecule has 0 atom stereocenters. The number of hydrogen-bond acceptors (Lipinski definition) is 4. The molecule has 0 radical (unpaired) electrons. The highest BCUT2D eigenvalue weighted by Gasteiger charge is 1.91. The van der Waals surface area contributed by atoms with Gasteiger partial charge in [-0.1, -0.05) is 0 Å². The zero-order valence-electron chi connectivity index (χ0n) is 7.86. The van der Waals surface area contributed by atoms with E-state index in [4.69, 9.17) is 4.74 Å². The Balaban J connectivity index is 2.07. The molecule has 1 rings (SSSR count). The highest BCUT2D eigenvalue weighted by atomic mass is 16.5. The molecule has 4 nitrogen and oxygen atoms in total. The lowest BCUT2D eigenvalue weighted by Gasteiger charge is -2.03. The first-order valence-electron chi connectivity index (χ1n) is 4.42. The van der Waals surface area contributed by atoms with E-state index in [1.54, 1.807) is 25.7 Å². The van der Waals surface area contributed by atoms with Gasteiger partial charge in [-0.05, 0) is 12.8 Å². The van der Waals surface area contributed by atoms with E-state index < -0.39 is 0 Å².